The molecule has 0 aliphatic carbocycles. The van der Waals surface area contributed by atoms with Crippen LogP contribution in [0, 0.1) is 0 Å². The number of esters is 1. The summed E-state index contributed by atoms with van der Waals surface area (Å²) >= 11 is 0. The molecule has 1 aromatic rings. The molecule has 15 heavy (non-hydrogen) atoms. The Bertz CT molecular complexity index is 331. The van der Waals surface area contributed by atoms with Crippen LogP contribution in [0.4, 0.5) is 0 Å². The Kier molecular flexibility index (Phi) is 4.34. The highest BCUT2D eigenvalue weighted by Gasteiger charge is 2.13. The van der Waals surface area contributed by atoms with Gasteiger partial charge in [0, 0.05) is 12.2 Å². The molecule has 0 fully saturated rings. The number of hydrogen-bond donors (Lipinski definition) is 0. The molecule has 4 heteroatoms. The average molecular weight is 210 g/mol. The summed E-state index contributed by atoms with van der Waals surface area (Å²) in [6, 6.07) is 1.81. The van der Waals surface area contributed by atoms with Crippen LogP contribution < -0.4 is 0 Å². The van der Waals surface area contributed by atoms with Crippen LogP contribution in [0.2, 0.25) is 0 Å². The van der Waals surface area contributed by atoms with Crippen LogP contribution in [0.3, 0.4) is 0 Å². The lowest BCUT2D eigenvalue weighted by Gasteiger charge is -2.01. The Morgan fingerprint density at radius 3 is 2.73 bits per heavy atom. The summed E-state index contributed by atoms with van der Waals surface area (Å²) in [7, 11) is 0. The molecule has 1 heterocycles. The fraction of sp³-hybridized carbons (Fsp3) is 0.636. The van der Waals surface area contributed by atoms with Crippen LogP contribution in [-0.2, 0) is 17.7 Å². The summed E-state index contributed by atoms with van der Waals surface area (Å²) in [5.41, 5.74) is 1.50. The first kappa shape index (κ1) is 11.8. The second-order valence-electron chi connectivity index (χ2n) is 3.32. The second-order valence-corrected chi connectivity index (χ2v) is 3.32. The third-order valence-corrected chi connectivity index (χ3v) is 2.15. The number of hydrogen-bond acceptors (Lipinski definition) is 3. The Morgan fingerprint density at radius 1 is 1.47 bits per heavy atom. The van der Waals surface area contributed by atoms with Crippen LogP contribution in [0.5, 0.6) is 0 Å². The molecule has 0 aliphatic rings. The maximum absolute atomic E-state index is 11.4. The highest BCUT2D eigenvalue weighted by Crippen LogP contribution is 2.07. The van der Waals surface area contributed by atoms with E-state index in [0.717, 1.165) is 25.1 Å². The molecule has 0 atom stereocenters. The first-order valence-electron chi connectivity index (χ1n) is 5.46. The standard InChI is InChI=1S/C11H18N2O2/c1-4-7-13-9(5-2)8-10(12-13)11(14)15-6-3/h8H,4-7H2,1-3H3. The Hall–Kier alpha value is -1.32. The molecule has 0 aromatic carbocycles. The minimum atomic E-state index is -0.331. The number of rotatable bonds is 5. The molecule has 0 N–H and O–H groups in total. The van der Waals surface area contributed by atoms with Crippen LogP contribution >= 0.6 is 0 Å². The van der Waals surface area contributed by atoms with Crippen molar-refractivity contribution in [1.82, 2.24) is 9.78 Å². The van der Waals surface area contributed by atoms with Crippen molar-refractivity contribution in [1.29, 1.82) is 0 Å². The van der Waals surface area contributed by atoms with Gasteiger partial charge in [0.1, 0.15) is 0 Å². The first-order chi connectivity index (χ1) is 7.22. The Balaban J connectivity index is 2.86. The van der Waals surface area contributed by atoms with Gasteiger partial charge in [-0.25, -0.2) is 4.79 Å². The van der Waals surface area contributed by atoms with Gasteiger partial charge in [-0.1, -0.05) is 13.8 Å². The highest BCUT2D eigenvalue weighted by molar-refractivity contribution is 5.87. The molecule has 1 rings (SSSR count). The second kappa shape index (κ2) is 5.53. The van der Waals surface area contributed by atoms with Gasteiger partial charge in [0.05, 0.1) is 6.61 Å². The van der Waals surface area contributed by atoms with E-state index in [4.69, 9.17) is 4.74 Å². The summed E-state index contributed by atoms with van der Waals surface area (Å²) in [6.07, 6.45) is 1.89. The zero-order valence-corrected chi connectivity index (χ0v) is 9.62. The zero-order valence-electron chi connectivity index (χ0n) is 9.62. The monoisotopic (exact) mass is 210 g/mol. The molecule has 0 saturated heterocycles. The SMILES string of the molecule is CCCn1nc(C(=O)OCC)cc1CC. The summed E-state index contributed by atoms with van der Waals surface area (Å²) in [6.45, 7) is 7.18. The summed E-state index contributed by atoms with van der Waals surface area (Å²) in [5, 5.41) is 4.23. The topological polar surface area (TPSA) is 44.1 Å². The van der Waals surface area contributed by atoms with Gasteiger partial charge in [0.15, 0.2) is 5.69 Å². The normalized spacial score (nSPS) is 10.3. The maximum atomic E-state index is 11.4. The van der Waals surface area contributed by atoms with Gasteiger partial charge in [0.2, 0.25) is 0 Å². The van der Waals surface area contributed by atoms with E-state index in [1.807, 2.05) is 10.7 Å². The van der Waals surface area contributed by atoms with Gasteiger partial charge in [-0.05, 0) is 25.8 Å². The van der Waals surface area contributed by atoms with Crippen molar-refractivity contribution in [2.24, 2.45) is 0 Å². The van der Waals surface area contributed by atoms with E-state index in [9.17, 15) is 4.79 Å². The van der Waals surface area contributed by atoms with E-state index in [2.05, 4.69) is 18.9 Å². The van der Waals surface area contributed by atoms with Gasteiger partial charge in [-0.2, -0.15) is 5.10 Å². The molecule has 0 bridgehead atoms. The van der Waals surface area contributed by atoms with E-state index in [-0.39, 0.29) is 5.97 Å². The third kappa shape index (κ3) is 2.81. The van der Waals surface area contributed by atoms with E-state index in [1.165, 1.54) is 0 Å². The van der Waals surface area contributed by atoms with E-state index in [0.29, 0.717) is 12.3 Å². The van der Waals surface area contributed by atoms with Gasteiger partial charge >= 0.3 is 5.97 Å². The smallest absolute Gasteiger partial charge is 0.358 e. The predicted molar refractivity (Wildman–Crippen MR) is 57.9 cm³/mol. The number of ether oxygens (including phenoxy) is 1. The molecule has 84 valence electrons. The van der Waals surface area contributed by atoms with Crippen molar-refractivity contribution in [2.75, 3.05) is 6.61 Å². The number of carbonyl (C=O) groups is 1. The molecule has 0 saturated carbocycles. The number of aromatic nitrogens is 2. The molecular formula is C11H18N2O2. The van der Waals surface area contributed by atoms with E-state index in [1.54, 1.807) is 6.92 Å². The van der Waals surface area contributed by atoms with E-state index < -0.39 is 0 Å². The van der Waals surface area contributed by atoms with E-state index >= 15 is 0 Å². The number of carbonyl (C=O) groups excluding carboxylic acids is 1. The molecular weight excluding hydrogens is 192 g/mol. The van der Waals surface area contributed by atoms with Gasteiger partial charge in [0.25, 0.3) is 0 Å². The molecule has 0 unspecified atom stereocenters. The zero-order chi connectivity index (χ0) is 11.3. The van der Waals surface area contributed by atoms with Crippen LogP contribution in [0.1, 0.15) is 43.4 Å². The molecule has 0 radical (unpaired) electrons. The Labute approximate surface area is 90.2 Å². The van der Waals surface area contributed by atoms with Crippen LogP contribution in [-0.4, -0.2) is 22.4 Å². The third-order valence-electron chi connectivity index (χ3n) is 2.15. The fourth-order valence-electron chi connectivity index (χ4n) is 1.45. The minimum Gasteiger partial charge on any atom is -0.461 e. The van der Waals surface area contributed by atoms with Crippen LogP contribution in [0.25, 0.3) is 0 Å². The maximum Gasteiger partial charge on any atom is 0.358 e. The number of nitrogens with zero attached hydrogens (tertiary/aromatic N) is 2. The highest BCUT2D eigenvalue weighted by atomic mass is 16.5. The van der Waals surface area contributed by atoms with Crippen molar-refractivity contribution in [3.05, 3.63) is 17.5 Å². The quantitative estimate of drug-likeness (QED) is 0.698. The minimum absolute atomic E-state index is 0.331. The van der Waals surface area contributed by atoms with Gasteiger partial charge < -0.3 is 4.74 Å². The predicted octanol–water partition coefficient (Wildman–Crippen LogP) is 2.03. The van der Waals surface area contributed by atoms with Crippen molar-refractivity contribution < 1.29 is 9.53 Å². The molecule has 4 nitrogen and oxygen atoms in total. The molecule has 0 amide bonds. The van der Waals surface area contributed by atoms with Gasteiger partial charge in [-0.3, -0.25) is 4.68 Å². The van der Waals surface area contributed by atoms with Gasteiger partial charge in [-0.15, -0.1) is 0 Å². The van der Waals surface area contributed by atoms with Crippen molar-refractivity contribution >= 4 is 5.97 Å². The van der Waals surface area contributed by atoms with Crippen molar-refractivity contribution in [3.63, 3.8) is 0 Å². The molecule has 0 spiro atoms. The largest absolute Gasteiger partial charge is 0.461 e. The summed E-state index contributed by atoms with van der Waals surface area (Å²) in [4.78, 5) is 11.4. The lowest BCUT2D eigenvalue weighted by Crippen LogP contribution is -2.08. The lowest BCUT2D eigenvalue weighted by atomic mass is 10.3. The fourth-order valence-corrected chi connectivity index (χ4v) is 1.45. The summed E-state index contributed by atoms with van der Waals surface area (Å²) in [5.74, 6) is -0.331. The van der Waals surface area contributed by atoms with Crippen molar-refractivity contribution in [3.8, 4) is 0 Å². The summed E-state index contributed by atoms with van der Waals surface area (Å²) < 4.78 is 6.79. The number of aryl methyl sites for hydroxylation is 2. The molecule has 0 aliphatic heterocycles. The van der Waals surface area contributed by atoms with Crippen molar-refractivity contribution in [2.45, 2.75) is 40.2 Å². The van der Waals surface area contributed by atoms with Crippen LogP contribution in [0.15, 0.2) is 6.07 Å². The average Bonchev–Trinajstić information content (AvgIpc) is 2.62. The lowest BCUT2D eigenvalue weighted by molar-refractivity contribution is 0.0518. The first-order valence-corrected chi connectivity index (χ1v) is 5.46. The molecule has 1 aromatic heterocycles. The Morgan fingerprint density at radius 2 is 2.20 bits per heavy atom.